The van der Waals surface area contributed by atoms with E-state index in [0.29, 0.717) is 41.5 Å². The zero-order valence-electron chi connectivity index (χ0n) is 21.3. The molecule has 3 N–H and O–H groups in total. The molecule has 3 aromatic carbocycles. The van der Waals surface area contributed by atoms with E-state index in [1.54, 1.807) is 24.3 Å². The molecule has 1 fully saturated rings. The molecule has 2 amide bonds. The molecule has 4 atom stereocenters. The number of fused-ring (bicyclic) bond motifs is 4. The number of nitrogens with one attached hydrogen (secondary N) is 2. The lowest BCUT2D eigenvalue weighted by molar-refractivity contribution is -0.142. The summed E-state index contributed by atoms with van der Waals surface area (Å²) in [6, 6.07) is 20.6. The van der Waals surface area contributed by atoms with Crippen molar-refractivity contribution < 1.29 is 33.6 Å². The van der Waals surface area contributed by atoms with Gasteiger partial charge in [0.05, 0.1) is 19.1 Å². The van der Waals surface area contributed by atoms with E-state index < -0.39 is 6.10 Å². The fourth-order valence-corrected chi connectivity index (χ4v) is 5.48. The molecule has 3 aromatic rings. The lowest BCUT2D eigenvalue weighted by Crippen LogP contribution is -2.47. The molecule has 3 aliphatic heterocycles. The number of hydrogen-bond donors (Lipinski definition) is 3. The second kappa shape index (κ2) is 11.0. The molecular formula is C30H30N2O7. The predicted octanol–water partition coefficient (Wildman–Crippen LogP) is 3.41. The van der Waals surface area contributed by atoms with Gasteiger partial charge in [0.2, 0.25) is 12.7 Å². The van der Waals surface area contributed by atoms with Crippen molar-refractivity contribution in [3.63, 3.8) is 0 Å². The summed E-state index contributed by atoms with van der Waals surface area (Å²) in [6.45, 7) is 0.473. The van der Waals surface area contributed by atoms with Gasteiger partial charge in [-0.1, -0.05) is 30.3 Å². The van der Waals surface area contributed by atoms with Crippen LogP contribution in [0.15, 0.2) is 66.7 Å². The fraction of sp³-hybridized carbons (Fsp3) is 0.333. The zero-order chi connectivity index (χ0) is 26.8. The SMILES string of the molecule is O=C(C[C@H]1C[C@H]2c3cc(NC(=O)c4ccc5c(c4)OCO5)ccc3O[C@H]2[C@H](CO)O1)NCCc1ccccc1. The molecule has 6 rings (SSSR count). The molecule has 0 radical (unpaired) electrons. The topological polar surface area (TPSA) is 115 Å². The molecule has 9 nitrogen and oxygen atoms in total. The number of carbonyl (C=O) groups excluding carboxylic acids is 2. The van der Waals surface area contributed by atoms with Crippen LogP contribution in [0.5, 0.6) is 17.2 Å². The number of benzene rings is 3. The Balaban J connectivity index is 1.10. The molecule has 0 unspecified atom stereocenters. The molecule has 39 heavy (non-hydrogen) atoms. The van der Waals surface area contributed by atoms with Crippen molar-refractivity contribution in [1.29, 1.82) is 0 Å². The maximum atomic E-state index is 12.9. The van der Waals surface area contributed by atoms with Crippen molar-refractivity contribution in [2.24, 2.45) is 0 Å². The highest BCUT2D eigenvalue weighted by molar-refractivity contribution is 6.04. The Bertz CT molecular complexity index is 1360. The molecule has 0 bridgehead atoms. The van der Waals surface area contributed by atoms with Crippen molar-refractivity contribution in [3.05, 3.63) is 83.4 Å². The second-order valence-electron chi connectivity index (χ2n) is 9.97. The molecule has 0 spiro atoms. The van der Waals surface area contributed by atoms with Crippen LogP contribution in [0.2, 0.25) is 0 Å². The van der Waals surface area contributed by atoms with Crippen molar-refractivity contribution in [1.82, 2.24) is 5.32 Å². The molecule has 3 heterocycles. The first-order valence-electron chi connectivity index (χ1n) is 13.2. The lowest BCUT2D eigenvalue weighted by atomic mass is 9.84. The van der Waals surface area contributed by atoms with E-state index in [-0.39, 0.29) is 49.8 Å². The average molecular weight is 531 g/mol. The van der Waals surface area contributed by atoms with E-state index in [2.05, 4.69) is 10.6 Å². The van der Waals surface area contributed by atoms with E-state index in [0.717, 1.165) is 17.5 Å². The first-order valence-corrected chi connectivity index (χ1v) is 13.2. The molecular weight excluding hydrogens is 500 g/mol. The van der Waals surface area contributed by atoms with Crippen LogP contribution >= 0.6 is 0 Å². The Morgan fingerprint density at radius 1 is 0.949 bits per heavy atom. The summed E-state index contributed by atoms with van der Waals surface area (Å²) >= 11 is 0. The minimum atomic E-state index is -0.551. The van der Waals surface area contributed by atoms with E-state index in [9.17, 15) is 14.7 Å². The van der Waals surface area contributed by atoms with Crippen LogP contribution in [-0.2, 0) is 16.0 Å². The van der Waals surface area contributed by atoms with Gasteiger partial charge in [-0.3, -0.25) is 9.59 Å². The van der Waals surface area contributed by atoms with Crippen LogP contribution in [0, 0.1) is 0 Å². The average Bonchev–Trinajstić information content (AvgIpc) is 3.57. The summed E-state index contributed by atoms with van der Waals surface area (Å²) in [6.07, 6.45) is 0.252. The molecule has 3 aliphatic rings. The van der Waals surface area contributed by atoms with Crippen molar-refractivity contribution in [2.45, 2.75) is 43.5 Å². The Hall–Kier alpha value is -4.08. The monoisotopic (exact) mass is 530 g/mol. The van der Waals surface area contributed by atoms with Crippen LogP contribution < -0.4 is 24.8 Å². The first kappa shape index (κ1) is 25.2. The molecule has 9 heteroatoms. The quantitative estimate of drug-likeness (QED) is 0.409. The van der Waals surface area contributed by atoms with Gasteiger partial charge < -0.3 is 34.7 Å². The van der Waals surface area contributed by atoms with Gasteiger partial charge in [-0.15, -0.1) is 0 Å². The van der Waals surface area contributed by atoms with Crippen LogP contribution in [0.4, 0.5) is 5.69 Å². The highest BCUT2D eigenvalue weighted by Crippen LogP contribution is 2.47. The number of ether oxygens (including phenoxy) is 4. The first-order chi connectivity index (χ1) is 19.1. The summed E-state index contributed by atoms with van der Waals surface area (Å²) < 4.78 is 22.9. The van der Waals surface area contributed by atoms with E-state index in [1.807, 2.05) is 42.5 Å². The van der Waals surface area contributed by atoms with Crippen LogP contribution in [0.25, 0.3) is 0 Å². The smallest absolute Gasteiger partial charge is 0.255 e. The molecule has 0 aliphatic carbocycles. The molecule has 0 aromatic heterocycles. The second-order valence-corrected chi connectivity index (χ2v) is 9.97. The van der Waals surface area contributed by atoms with Crippen molar-refractivity contribution in [3.8, 4) is 17.2 Å². The maximum absolute atomic E-state index is 12.9. The number of rotatable bonds is 8. The van der Waals surface area contributed by atoms with Gasteiger partial charge >= 0.3 is 0 Å². The van der Waals surface area contributed by atoms with E-state index in [4.69, 9.17) is 18.9 Å². The van der Waals surface area contributed by atoms with Gasteiger partial charge in [0.1, 0.15) is 18.0 Å². The standard InChI is InChI=1S/C30H30N2O7/c33-16-27-29-23(14-21(38-27)15-28(34)31-11-10-18-4-2-1-3-5-18)22-13-20(7-9-24(22)39-29)32-30(35)19-6-8-25-26(12-19)37-17-36-25/h1-9,12-13,21,23,27,29,33H,10-11,14-17H2,(H,31,34)(H,32,35)/t21-,23+,27+,29-/m1/s1. The third kappa shape index (κ3) is 5.41. The molecule has 1 saturated heterocycles. The third-order valence-electron chi connectivity index (χ3n) is 7.38. The van der Waals surface area contributed by atoms with Gasteiger partial charge in [0, 0.05) is 29.3 Å². The Kier molecular flexibility index (Phi) is 7.08. The Labute approximate surface area is 226 Å². The largest absolute Gasteiger partial charge is 0.487 e. The molecule has 202 valence electrons. The highest BCUT2D eigenvalue weighted by atomic mass is 16.7. The highest BCUT2D eigenvalue weighted by Gasteiger charge is 2.46. The molecule has 0 saturated carbocycles. The zero-order valence-corrected chi connectivity index (χ0v) is 21.3. The van der Waals surface area contributed by atoms with Crippen molar-refractivity contribution >= 4 is 17.5 Å². The minimum absolute atomic E-state index is 0.0737. The maximum Gasteiger partial charge on any atom is 0.255 e. The summed E-state index contributed by atoms with van der Waals surface area (Å²) in [5.41, 5.74) is 3.18. The number of anilines is 1. The van der Waals surface area contributed by atoms with Gasteiger partial charge in [-0.05, 0) is 54.8 Å². The number of carbonyl (C=O) groups is 2. The van der Waals surface area contributed by atoms with Crippen molar-refractivity contribution in [2.75, 3.05) is 25.3 Å². The number of hydrogen-bond acceptors (Lipinski definition) is 7. The lowest BCUT2D eigenvalue weighted by Gasteiger charge is -2.37. The summed E-state index contributed by atoms with van der Waals surface area (Å²) in [5, 5.41) is 15.9. The summed E-state index contributed by atoms with van der Waals surface area (Å²) in [5.74, 6) is 1.42. The minimum Gasteiger partial charge on any atom is -0.487 e. The van der Waals surface area contributed by atoms with Gasteiger partial charge in [0.25, 0.3) is 5.91 Å². The van der Waals surface area contributed by atoms with Gasteiger partial charge in [0.15, 0.2) is 11.5 Å². The van der Waals surface area contributed by atoms with Gasteiger partial charge in [-0.25, -0.2) is 0 Å². The van der Waals surface area contributed by atoms with Crippen LogP contribution in [0.3, 0.4) is 0 Å². The summed E-state index contributed by atoms with van der Waals surface area (Å²) in [4.78, 5) is 25.6. The normalized spacial score (nSPS) is 22.4. The number of amides is 2. The van der Waals surface area contributed by atoms with E-state index >= 15 is 0 Å². The van der Waals surface area contributed by atoms with Crippen LogP contribution in [-0.4, -0.2) is 55.2 Å². The Morgan fingerprint density at radius 3 is 2.62 bits per heavy atom. The third-order valence-corrected chi connectivity index (χ3v) is 7.38. The Morgan fingerprint density at radius 2 is 1.77 bits per heavy atom. The summed E-state index contributed by atoms with van der Waals surface area (Å²) in [7, 11) is 0. The fourth-order valence-electron chi connectivity index (χ4n) is 5.48. The predicted molar refractivity (Wildman–Crippen MR) is 142 cm³/mol. The van der Waals surface area contributed by atoms with E-state index in [1.165, 1.54) is 0 Å². The van der Waals surface area contributed by atoms with Crippen LogP contribution in [0.1, 0.15) is 40.2 Å². The number of aliphatic hydroxyl groups excluding tert-OH is 1. The van der Waals surface area contributed by atoms with Gasteiger partial charge in [-0.2, -0.15) is 0 Å². The number of aliphatic hydroxyl groups is 1.